The van der Waals surface area contributed by atoms with Crippen LogP contribution in [0, 0.1) is 23.7 Å². The highest BCUT2D eigenvalue weighted by Gasteiger charge is 2.37. The van der Waals surface area contributed by atoms with Gasteiger partial charge in [0.2, 0.25) is 0 Å². The van der Waals surface area contributed by atoms with Crippen molar-refractivity contribution in [1.82, 2.24) is 4.90 Å². The zero-order chi connectivity index (χ0) is 14.0. The van der Waals surface area contributed by atoms with E-state index in [9.17, 15) is 0 Å². The van der Waals surface area contributed by atoms with Crippen LogP contribution < -0.4 is 5.73 Å². The summed E-state index contributed by atoms with van der Waals surface area (Å²) in [6, 6.07) is 1.34. The third-order valence-corrected chi connectivity index (χ3v) is 5.83. The van der Waals surface area contributed by atoms with Gasteiger partial charge in [0.25, 0.3) is 0 Å². The third-order valence-electron chi connectivity index (χ3n) is 5.83. The number of piperidine rings is 1. The predicted octanol–water partition coefficient (Wildman–Crippen LogP) is 3.51. The molecule has 1 aliphatic carbocycles. The predicted molar refractivity (Wildman–Crippen MR) is 83.1 cm³/mol. The topological polar surface area (TPSA) is 29.3 Å². The van der Waals surface area contributed by atoms with Gasteiger partial charge in [-0.2, -0.15) is 0 Å². The summed E-state index contributed by atoms with van der Waals surface area (Å²) in [5, 5.41) is 0. The highest BCUT2D eigenvalue weighted by Crippen LogP contribution is 2.36. The fraction of sp³-hybridized carbons (Fsp3) is 1.00. The number of nitrogens with two attached hydrogens (primary N) is 1. The van der Waals surface area contributed by atoms with E-state index in [4.69, 9.17) is 5.73 Å². The van der Waals surface area contributed by atoms with Gasteiger partial charge in [0.1, 0.15) is 0 Å². The number of hydrogen-bond donors (Lipinski definition) is 1. The van der Waals surface area contributed by atoms with Gasteiger partial charge < -0.3 is 5.73 Å². The summed E-state index contributed by atoms with van der Waals surface area (Å²) >= 11 is 0. The molecule has 2 aliphatic rings. The minimum atomic E-state index is 0.628. The lowest BCUT2D eigenvalue weighted by molar-refractivity contribution is 0.00785. The second-order valence-corrected chi connectivity index (χ2v) is 7.59. The van der Waals surface area contributed by atoms with Crippen LogP contribution in [0.5, 0.6) is 0 Å². The van der Waals surface area contributed by atoms with Crippen LogP contribution >= 0.6 is 0 Å². The summed E-state index contributed by atoms with van der Waals surface area (Å²) in [4.78, 5) is 2.77. The lowest BCUT2D eigenvalue weighted by Crippen LogP contribution is -2.56. The first kappa shape index (κ1) is 15.3. The Hall–Kier alpha value is -0.0800. The lowest BCUT2D eigenvalue weighted by Gasteiger charge is -2.48. The van der Waals surface area contributed by atoms with Crippen molar-refractivity contribution < 1.29 is 0 Å². The molecule has 0 aromatic heterocycles. The molecule has 0 spiro atoms. The highest BCUT2D eigenvalue weighted by atomic mass is 15.2. The normalized spacial score (nSPS) is 43.1. The SMILES string of the molecule is CC1CCCC(C(CN)N2CC(C)CC(C)C2C)C1. The van der Waals surface area contributed by atoms with E-state index in [2.05, 4.69) is 32.6 Å². The van der Waals surface area contributed by atoms with Gasteiger partial charge in [-0.15, -0.1) is 0 Å². The van der Waals surface area contributed by atoms with E-state index in [1.165, 1.54) is 38.6 Å². The molecule has 2 fully saturated rings. The van der Waals surface area contributed by atoms with Gasteiger partial charge >= 0.3 is 0 Å². The van der Waals surface area contributed by atoms with Gasteiger partial charge in [-0.25, -0.2) is 0 Å². The second kappa shape index (κ2) is 6.58. The molecule has 19 heavy (non-hydrogen) atoms. The quantitative estimate of drug-likeness (QED) is 0.847. The summed E-state index contributed by atoms with van der Waals surface area (Å²) in [6.07, 6.45) is 7.02. The zero-order valence-electron chi connectivity index (χ0n) is 13.4. The van der Waals surface area contributed by atoms with Crippen LogP contribution in [-0.2, 0) is 0 Å². The summed E-state index contributed by atoms with van der Waals surface area (Å²) in [5.41, 5.74) is 6.19. The average molecular weight is 266 g/mol. The first-order chi connectivity index (χ1) is 9.02. The summed E-state index contributed by atoms with van der Waals surface area (Å²) < 4.78 is 0. The van der Waals surface area contributed by atoms with Gasteiger partial charge in [0.05, 0.1) is 0 Å². The van der Waals surface area contributed by atoms with Gasteiger partial charge in [-0.05, 0) is 49.9 Å². The monoisotopic (exact) mass is 266 g/mol. The maximum atomic E-state index is 6.19. The molecule has 0 aromatic carbocycles. The standard InChI is InChI=1S/C17H34N2/c1-12-6-5-7-16(9-12)17(10-18)19-11-13(2)8-14(3)15(19)4/h12-17H,5-11,18H2,1-4H3. The smallest absolute Gasteiger partial charge is 0.0249 e. The molecule has 1 saturated carbocycles. The summed E-state index contributed by atoms with van der Waals surface area (Å²) in [5.74, 6) is 3.40. The molecule has 6 unspecified atom stereocenters. The van der Waals surface area contributed by atoms with E-state index >= 15 is 0 Å². The first-order valence-corrected chi connectivity index (χ1v) is 8.48. The molecule has 2 heteroatoms. The minimum Gasteiger partial charge on any atom is -0.329 e. The van der Waals surface area contributed by atoms with Crippen molar-refractivity contribution in [2.24, 2.45) is 29.4 Å². The third kappa shape index (κ3) is 3.52. The fourth-order valence-corrected chi connectivity index (χ4v) is 4.63. The number of rotatable bonds is 3. The average Bonchev–Trinajstić information content (AvgIpc) is 2.36. The zero-order valence-corrected chi connectivity index (χ0v) is 13.4. The van der Waals surface area contributed by atoms with E-state index in [1.54, 1.807) is 0 Å². The van der Waals surface area contributed by atoms with E-state index < -0.39 is 0 Å². The Morgan fingerprint density at radius 3 is 2.42 bits per heavy atom. The molecule has 0 radical (unpaired) electrons. The van der Waals surface area contributed by atoms with E-state index in [1.807, 2.05) is 0 Å². The Morgan fingerprint density at radius 2 is 1.79 bits per heavy atom. The lowest BCUT2D eigenvalue weighted by atomic mass is 9.76. The maximum Gasteiger partial charge on any atom is 0.0249 e. The molecule has 0 aromatic rings. The molecule has 0 amide bonds. The molecular weight excluding hydrogens is 232 g/mol. The Bertz CT molecular complexity index is 278. The van der Waals surface area contributed by atoms with Gasteiger partial charge in [-0.3, -0.25) is 4.90 Å². The van der Waals surface area contributed by atoms with Crippen LogP contribution in [0.3, 0.4) is 0 Å². The molecule has 2 N–H and O–H groups in total. The van der Waals surface area contributed by atoms with Crippen molar-refractivity contribution >= 4 is 0 Å². The molecule has 6 atom stereocenters. The molecule has 0 bridgehead atoms. The molecule has 2 nitrogen and oxygen atoms in total. The first-order valence-electron chi connectivity index (χ1n) is 8.48. The van der Waals surface area contributed by atoms with Gasteiger partial charge in [0, 0.05) is 25.2 Å². The van der Waals surface area contributed by atoms with Crippen LogP contribution in [-0.4, -0.2) is 30.1 Å². The molecule has 1 heterocycles. The van der Waals surface area contributed by atoms with Gasteiger partial charge in [-0.1, -0.05) is 33.6 Å². The van der Waals surface area contributed by atoms with E-state index in [-0.39, 0.29) is 0 Å². The van der Waals surface area contributed by atoms with Crippen LogP contribution in [0.4, 0.5) is 0 Å². The van der Waals surface area contributed by atoms with E-state index in [0.717, 1.165) is 30.2 Å². The van der Waals surface area contributed by atoms with Crippen molar-refractivity contribution in [3.8, 4) is 0 Å². The molecule has 2 rings (SSSR count). The van der Waals surface area contributed by atoms with E-state index in [0.29, 0.717) is 12.1 Å². The Kier molecular flexibility index (Phi) is 5.30. The second-order valence-electron chi connectivity index (χ2n) is 7.59. The van der Waals surface area contributed by atoms with Crippen LogP contribution in [0.1, 0.15) is 59.8 Å². The Balaban J connectivity index is 2.06. The maximum absolute atomic E-state index is 6.19. The van der Waals surface area contributed by atoms with Crippen molar-refractivity contribution in [3.63, 3.8) is 0 Å². The number of hydrogen-bond acceptors (Lipinski definition) is 2. The van der Waals surface area contributed by atoms with Crippen LogP contribution in [0.15, 0.2) is 0 Å². The highest BCUT2D eigenvalue weighted by molar-refractivity contribution is 4.91. The minimum absolute atomic E-state index is 0.628. The summed E-state index contributed by atoms with van der Waals surface area (Å²) in [6.45, 7) is 11.8. The van der Waals surface area contributed by atoms with Crippen molar-refractivity contribution in [3.05, 3.63) is 0 Å². The Labute approximate surface area is 120 Å². The fourth-order valence-electron chi connectivity index (χ4n) is 4.63. The molecule has 1 saturated heterocycles. The van der Waals surface area contributed by atoms with Crippen molar-refractivity contribution in [2.75, 3.05) is 13.1 Å². The number of nitrogens with zero attached hydrogens (tertiary/aromatic N) is 1. The van der Waals surface area contributed by atoms with Crippen molar-refractivity contribution in [2.45, 2.75) is 71.9 Å². The van der Waals surface area contributed by atoms with Crippen LogP contribution in [0.2, 0.25) is 0 Å². The molecule has 112 valence electrons. The summed E-state index contributed by atoms with van der Waals surface area (Å²) in [7, 11) is 0. The molecule has 1 aliphatic heterocycles. The van der Waals surface area contributed by atoms with Gasteiger partial charge in [0.15, 0.2) is 0 Å². The largest absolute Gasteiger partial charge is 0.329 e. The van der Waals surface area contributed by atoms with Crippen LogP contribution in [0.25, 0.3) is 0 Å². The number of likely N-dealkylation sites (tertiary alicyclic amines) is 1. The molecular formula is C17H34N2. The Morgan fingerprint density at radius 1 is 1.05 bits per heavy atom. The van der Waals surface area contributed by atoms with Crippen molar-refractivity contribution in [1.29, 1.82) is 0 Å².